The van der Waals surface area contributed by atoms with E-state index in [2.05, 4.69) is 24.1 Å². The van der Waals surface area contributed by atoms with Gasteiger partial charge in [0.2, 0.25) is 0 Å². The van der Waals surface area contributed by atoms with E-state index in [0.717, 1.165) is 19.3 Å². The SMILES string of the molecule is CC1(C)CCCCC1NC(=O)c1cnc(N)c(Cl)c1. The molecule has 19 heavy (non-hydrogen) atoms. The number of hydrogen-bond acceptors (Lipinski definition) is 3. The maximum absolute atomic E-state index is 12.2. The number of hydrogen-bond donors (Lipinski definition) is 2. The Hall–Kier alpha value is -1.29. The number of anilines is 1. The summed E-state index contributed by atoms with van der Waals surface area (Å²) in [5.74, 6) is 0.116. The number of aromatic nitrogens is 1. The highest BCUT2D eigenvalue weighted by Crippen LogP contribution is 2.35. The summed E-state index contributed by atoms with van der Waals surface area (Å²) in [6.45, 7) is 4.40. The summed E-state index contributed by atoms with van der Waals surface area (Å²) in [6.07, 6.45) is 6.02. The summed E-state index contributed by atoms with van der Waals surface area (Å²) < 4.78 is 0. The zero-order valence-electron chi connectivity index (χ0n) is 11.4. The highest BCUT2D eigenvalue weighted by Gasteiger charge is 2.33. The van der Waals surface area contributed by atoms with E-state index >= 15 is 0 Å². The van der Waals surface area contributed by atoms with Crippen LogP contribution in [0.25, 0.3) is 0 Å². The topological polar surface area (TPSA) is 68.0 Å². The van der Waals surface area contributed by atoms with E-state index < -0.39 is 0 Å². The molecule has 1 aromatic rings. The van der Waals surface area contributed by atoms with Crippen molar-refractivity contribution in [1.82, 2.24) is 10.3 Å². The Morgan fingerprint density at radius 3 is 2.89 bits per heavy atom. The molecule has 3 N–H and O–H groups in total. The molecule has 1 aliphatic carbocycles. The Balaban J connectivity index is 2.10. The molecule has 0 aliphatic heterocycles. The van der Waals surface area contributed by atoms with E-state index in [1.54, 1.807) is 6.07 Å². The van der Waals surface area contributed by atoms with E-state index in [1.807, 2.05) is 0 Å². The minimum absolute atomic E-state index is 0.130. The van der Waals surface area contributed by atoms with Crippen LogP contribution in [0.4, 0.5) is 5.82 Å². The van der Waals surface area contributed by atoms with Crippen molar-refractivity contribution in [2.75, 3.05) is 5.73 Å². The van der Waals surface area contributed by atoms with Crippen LogP contribution in [0.3, 0.4) is 0 Å². The molecule has 5 heteroatoms. The van der Waals surface area contributed by atoms with Crippen LogP contribution in [-0.4, -0.2) is 16.9 Å². The maximum atomic E-state index is 12.2. The normalized spacial score (nSPS) is 21.9. The highest BCUT2D eigenvalue weighted by molar-refractivity contribution is 6.33. The van der Waals surface area contributed by atoms with Crippen molar-refractivity contribution in [2.45, 2.75) is 45.6 Å². The molecule has 1 aromatic heterocycles. The number of nitrogens with one attached hydrogen (secondary N) is 1. The van der Waals surface area contributed by atoms with Gasteiger partial charge >= 0.3 is 0 Å². The lowest BCUT2D eigenvalue weighted by molar-refractivity contribution is 0.0853. The standard InChI is InChI=1S/C14H20ClN3O/c1-14(2)6-4-3-5-11(14)18-13(19)9-7-10(15)12(16)17-8-9/h7-8,11H,3-6H2,1-2H3,(H2,16,17)(H,18,19). The van der Waals surface area contributed by atoms with Crippen LogP contribution in [-0.2, 0) is 0 Å². The largest absolute Gasteiger partial charge is 0.382 e. The molecule has 2 rings (SSSR count). The summed E-state index contributed by atoms with van der Waals surface area (Å²) in [4.78, 5) is 16.1. The lowest BCUT2D eigenvalue weighted by Crippen LogP contribution is -2.46. The van der Waals surface area contributed by atoms with Gasteiger partial charge in [0.1, 0.15) is 5.82 Å². The number of carbonyl (C=O) groups is 1. The fraction of sp³-hybridized carbons (Fsp3) is 0.571. The van der Waals surface area contributed by atoms with E-state index in [9.17, 15) is 4.79 Å². The van der Waals surface area contributed by atoms with Crippen molar-refractivity contribution in [1.29, 1.82) is 0 Å². The summed E-state index contributed by atoms with van der Waals surface area (Å²) in [6, 6.07) is 1.76. The molecule has 0 radical (unpaired) electrons. The summed E-state index contributed by atoms with van der Waals surface area (Å²) in [7, 11) is 0. The van der Waals surface area contributed by atoms with Crippen LogP contribution in [0.5, 0.6) is 0 Å². The Labute approximate surface area is 118 Å². The van der Waals surface area contributed by atoms with Crippen molar-refractivity contribution >= 4 is 23.3 Å². The maximum Gasteiger partial charge on any atom is 0.253 e. The molecule has 1 atom stereocenters. The molecule has 104 valence electrons. The third kappa shape index (κ3) is 3.18. The quantitative estimate of drug-likeness (QED) is 0.875. The van der Waals surface area contributed by atoms with Crippen LogP contribution < -0.4 is 11.1 Å². The van der Waals surface area contributed by atoms with Crippen LogP contribution in [0.1, 0.15) is 49.9 Å². The molecular formula is C14H20ClN3O. The van der Waals surface area contributed by atoms with Gasteiger partial charge in [0.15, 0.2) is 0 Å². The van der Waals surface area contributed by atoms with Gasteiger partial charge in [0, 0.05) is 12.2 Å². The first kappa shape index (κ1) is 14.1. The zero-order chi connectivity index (χ0) is 14.0. The number of nitrogens with two attached hydrogens (primary N) is 1. The predicted octanol–water partition coefficient (Wildman–Crippen LogP) is 3.02. The molecule has 1 amide bonds. The zero-order valence-corrected chi connectivity index (χ0v) is 12.1. The number of carbonyl (C=O) groups excluding carboxylic acids is 1. The smallest absolute Gasteiger partial charge is 0.253 e. The first-order valence-corrected chi connectivity index (χ1v) is 7.00. The molecule has 0 saturated heterocycles. The van der Waals surface area contributed by atoms with Crippen LogP contribution in [0, 0.1) is 5.41 Å². The van der Waals surface area contributed by atoms with Gasteiger partial charge < -0.3 is 11.1 Å². The Morgan fingerprint density at radius 1 is 1.53 bits per heavy atom. The second-order valence-corrected chi connectivity index (χ2v) is 6.26. The average Bonchev–Trinajstić information content (AvgIpc) is 2.35. The van der Waals surface area contributed by atoms with Crippen molar-refractivity contribution in [2.24, 2.45) is 5.41 Å². The Kier molecular flexibility index (Phi) is 3.99. The van der Waals surface area contributed by atoms with Gasteiger partial charge in [0.05, 0.1) is 10.6 Å². The number of nitrogen functional groups attached to an aromatic ring is 1. The van der Waals surface area contributed by atoms with Crippen LogP contribution in [0.15, 0.2) is 12.3 Å². The molecule has 1 heterocycles. The van der Waals surface area contributed by atoms with Gasteiger partial charge in [-0.2, -0.15) is 0 Å². The monoisotopic (exact) mass is 281 g/mol. The first-order chi connectivity index (χ1) is 8.90. The van der Waals surface area contributed by atoms with E-state index in [-0.39, 0.29) is 23.2 Å². The molecule has 1 saturated carbocycles. The molecule has 1 fully saturated rings. The van der Waals surface area contributed by atoms with Gasteiger partial charge in [-0.25, -0.2) is 4.98 Å². The number of amides is 1. The second-order valence-electron chi connectivity index (χ2n) is 5.85. The van der Waals surface area contributed by atoms with E-state index in [1.165, 1.54) is 12.6 Å². The number of rotatable bonds is 2. The fourth-order valence-electron chi connectivity index (χ4n) is 2.58. The van der Waals surface area contributed by atoms with Crippen molar-refractivity contribution < 1.29 is 4.79 Å². The summed E-state index contributed by atoms with van der Waals surface area (Å²) >= 11 is 5.89. The molecule has 1 aliphatic rings. The van der Waals surface area contributed by atoms with Crippen LogP contribution in [0.2, 0.25) is 5.02 Å². The number of halogens is 1. The van der Waals surface area contributed by atoms with Gasteiger partial charge in [-0.15, -0.1) is 0 Å². The molecule has 0 spiro atoms. The van der Waals surface area contributed by atoms with Crippen molar-refractivity contribution in [3.05, 3.63) is 22.8 Å². The minimum Gasteiger partial charge on any atom is -0.382 e. The van der Waals surface area contributed by atoms with Gasteiger partial charge in [-0.05, 0) is 24.3 Å². The molecule has 0 aromatic carbocycles. The lowest BCUT2D eigenvalue weighted by atomic mass is 9.73. The fourth-order valence-corrected chi connectivity index (χ4v) is 2.74. The van der Waals surface area contributed by atoms with Gasteiger partial charge in [-0.1, -0.05) is 38.3 Å². The summed E-state index contributed by atoms with van der Waals surface area (Å²) in [5.41, 5.74) is 6.14. The molecule has 4 nitrogen and oxygen atoms in total. The van der Waals surface area contributed by atoms with Crippen LogP contribution >= 0.6 is 11.6 Å². The minimum atomic E-state index is -0.130. The Morgan fingerprint density at radius 2 is 2.26 bits per heavy atom. The van der Waals surface area contributed by atoms with E-state index in [4.69, 9.17) is 17.3 Å². The summed E-state index contributed by atoms with van der Waals surface area (Å²) in [5, 5.41) is 3.41. The predicted molar refractivity (Wildman–Crippen MR) is 77.2 cm³/mol. The Bertz CT molecular complexity index is 488. The van der Waals surface area contributed by atoms with E-state index in [0.29, 0.717) is 10.6 Å². The van der Waals surface area contributed by atoms with Crippen molar-refractivity contribution in [3.63, 3.8) is 0 Å². The average molecular weight is 282 g/mol. The third-order valence-corrected chi connectivity index (χ3v) is 4.25. The third-order valence-electron chi connectivity index (χ3n) is 3.94. The molecule has 0 bridgehead atoms. The second kappa shape index (κ2) is 5.37. The molecular weight excluding hydrogens is 262 g/mol. The van der Waals surface area contributed by atoms with Gasteiger partial charge in [0.25, 0.3) is 5.91 Å². The first-order valence-electron chi connectivity index (χ1n) is 6.62. The molecule has 1 unspecified atom stereocenters. The number of pyridine rings is 1. The number of nitrogens with zero attached hydrogens (tertiary/aromatic N) is 1. The van der Waals surface area contributed by atoms with Gasteiger partial charge in [-0.3, -0.25) is 4.79 Å². The lowest BCUT2D eigenvalue weighted by Gasteiger charge is -2.39. The highest BCUT2D eigenvalue weighted by atomic mass is 35.5. The van der Waals surface area contributed by atoms with Crippen molar-refractivity contribution in [3.8, 4) is 0 Å².